The average molecular weight is 249 g/mol. The van der Waals surface area contributed by atoms with Crippen LogP contribution in [0, 0.1) is 0 Å². The number of amides is 1. The Morgan fingerprint density at radius 1 is 1.44 bits per heavy atom. The summed E-state index contributed by atoms with van der Waals surface area (Å²) in [4.78, 5) is 22.0. The smallest absolute Gasteiger partial charge is 0.316 e. The van der Waals surface area contributed by atoms with Gasteiger partial charge in [-0.15, -0.1) is 0 Å². The first-order valence-electron chi connectivity index (χ1n) is 5.10. The van der Waals surface area contributed by atoms with Crippen molar-refractivity contribution in [2.75, 3.05) is 5.75 Å². The van der Waals surface area contributed by atoms with E-state index in [1.165, 1.54) is 6.92 Å². The number of rotatable bonds is 6. The Bertz CT molecular complexity index is 301. The molecule has 1 amide bonds. The van der Waals surface area contributed by atoms with Gasteiger partial charge in [0.05, 0.1) is 0 Å². The average Bonchev–Trinajstić information content (AvgIpc) is 2.14. The molecule has 0 rings (SSSR count). The van der Waals surface area contributed by atoms with E-state index in [0.717, 1.165) is 6.42 Å². The molecule has 2 atom stereocenters. The molecule has 0 aliphatic heterocycles. The minimum absolute atomic E-state index is 0.362. The largest absolute Gasteiger partial charge is 0.481 e. The summed E-state index contributed by atoms with van der Waals surface area (Å²) >= 11 is 0. The van der Waals surface area contributed by atoms with Crippen LogP contribution in [0.5, 0.6) is 0 Å². The highest BCUT2D eigenvalue weighted by Crippen LogP contribution is 2.08. The lowest BCUT2D eigenvalue weighted by Gasteiger charge is -2.26. The molecule has 6 heteroatoms. The van der Waals surface area contributed by atoms with Crippen LogP contribution in [-0.4, -0.2) is 37.7 Å². The van der Waals surface area contributed by atoms with Crippen LogP contribution in [0.25, 0.3) is 0 Å². The molecule has 94 valence electrons. The van der Waals surface area contributed by atoms with E-state index in [9.17, 15) is 13.8 Å². The molecule has 0 aromatic carbocycles. The Labute approximate surface area is 98.1 Å². The van der Waals surface area contributed by atoms with Crippen LogP contribution < -0.4 is 5.32 Å². The monoisotopic (exact) mass is 249 g/mol. The fourth-order valence-corrected chi connectivity index (χ4v) is 1.68. The summed E-state index contributed by atoms with van der Waals surface area (Å²) in [6.07, 6.45) is 0.747. The van der Waals surface area contributed by atoms with Crippen LogP contribution in [0.2, 0.25) is 0 Å². The Balaban J connectivity index is 4.39. The number of hydrogen-bond donors (Lipinski definition) is 2. The highest BCUT2D eigenvalue weighted by atomic mass is 32.2. The molecule has 0 bridgehead atoms. The zero-order valence-electron chi connectivity index (χ0n) is 10.1. The van der Waals surface area contributed by atoms with Crippen LogP contribution in [0.3, 0.4) is 0 Å². The second-order valence-corrected chi connectivity index (χ2v) is 6.05. The SMILES string of the molecule is CCC(C)(C)NC(=O)C(C)S(=O)CC(=O)O. The molecule has 0 heterocycles. The number of nitrogens with one attached hydrogen (secondary N) is 1. The van der Waals surface area contributed by atoms with E-state index in [1.54, 1.807) is 0 Å². The maximum Gasteiger partial charge on any atom is 0.316 e. The maximum absolute atomic E-state index is 11.6. The van der Waals surface area contributed by atoms with Crippen molar-refractivity contribution < 1.29 is 18.9 Å². The van der Waals surface area contributed by atoms with E-state index in [2.05, 4.69) is 5.32 Å². The van der Waals surface area contributed by atoms with Gasteiger partial charge >= 0.3 is 5.97 Å². The van der Waals surface area contributed by atoms with Gasteiger partial charge in [-0.05, 0) is 27.2 Å². The number of carboxylic acids is 1. The number of carbonyl (C=O) groups excluding carboxylic acids is 1. The summed E-state index contributed by atoms with van der Waals surface area (Å²) in [5, 5.41) is 10.4. The summed E-state index contributed by atoms with van der Waals surface area (Å²) < 4.78 is 11.4. The fraction of sp³-hybridized carbons (Fsp3) is 0.800. The molecule has 2 unspecified atom stereocenters. The van der Waals surface area contributed by atoms with Crippen LogP contribution in [-0.2, 0) is 20.4 Å². The third-order valence-corrected chi connectivity index (χ3v) is 3.91. The zero-order valence-corrected chi connectivity index (χ0v) is 10.9. The Morgan fingerprint density at radius 3 is 2.31 bits per heavy atom. The molecule has 5 nitrogen and oxygen atoms in total. The normalized spacial score (nSPS) is 15.2. The van der Waals surface area contributed by atoms with Gasteiger partial charge in [0.25, 0.3) is 0 Å². The third kappa shape index (κ3) is 5.25. The van der Waals surface area contributed by atoms with E-state index in [4.69, 9.17) is 5.11 Å². The molecular formula is C10H19NO4S. The van der Waals surface area contributed by atoms with E-state index >= 15 is 0 Å². The first-order valence-corrected chi connectivity index (χ1v) is 6.49. The Morgan fingerprint density at radius 2 is 1.94 bits per heavy atom. The summed E-state index contributed by atoms with van der Waals surface area (Å²) in [5.74, 6) is -2.03. The lowest BCUT2D eigenvalue weighted by Crippen LogP contribution is -2.48. The topological polar surface area (TPSA) is 83.5 Å². The van der Waals surface area contributed by atoms with E-state index < -0.39 is 27.8 Å². The van der Waals surface area contributed by atoms with Gasteiger partial charge in [-0.1, -0.05) is 6.92 Å². The molecule has 0 aliphatic carbocycles. The number of aliphatic carboxylic acids is 1. The Kier molecular flexibility index (Phi) is 5.64. The van der Waals surface area contributed by atoms with Gasteiger partial charge in [0.15, 0.2) is 0 Å². The molecule has 0 aromatic rings. The van der Waals surface area contributed by atoms with Crippen molar-refractivity contribution in [2.45, 2.75) is 44.9 Å². The van der Waals surface area contributed by atoms with Crippen molar-refractivity contribution in [3.8, 4) is 0 Å². The van der Waals surface area contributed by atoms with Crippen molar-refractivity contribution in [1.29, 1.82) is 0 Å². The van der Waals surface area contributed by atoms with E-state index in [0.29, 0.717) is 0 Å². The summed E-state index contributed by atoms with van der Waals surface area (Å²) in [6, 6.07) is 0. The molecule has 0 spiro atoms. The molecule has 0 aromatic heterocycles. The van der Waals surface area contributed by atoms with Crippen LogP contribution in [0.4, 0.5) is 0 Å². The van der Waals surface area contributed by atoms with Gasteiger partial charge in [-0.3, -0.25) is 13.8 Å². The first-order chi connectivity index (χ1) is 7.19. The minimum atomic E-state index is -1.67. The second kappa shape index (κ2) is 5.98. The quantitative estimate of drug-likeness (QED) is 0.718. The van der Waals surface area contributed by atoms with Gasteiger partial charge in [-0.2, -0.15) is 0 Å². The molecule has 16 heavy (non-hydrogen) atoms. The van der Waals surface area contributed by atoms with E-state index in [1.807, 2.05) is 20.8 Å². The van der Waals surface area contributed by atoms with E-state index in [-0.39, 0.29) is 11.4 Å². The molecule has 2 N–H and O–H groups in total. The lowest BCUT2D eigenvalue weighted by molar-refractivity contribution is -0.133. The first kappa shape index (κ1) is 15.1. The lowest BCUT2D eigenvalue weighted by atomic mass is 10.0. The van der Waals surface area contributed by atoms with Crippen molar-refractivity contribution >= 4 is 22.7 Å². The third-order valence-electron chi connectivity index (χ3n) is 2.37. The van der Waals surface area contributed by atoms with Gasteiger partial charge in [-0.25, -0.2) is 0 Å². The van der Waals surface area contributed by atoms with Gasteiger partial charge in [0, 0.05) is 16.3 Å². The summed E-state index contributed by atoms with van der Waals surface area (Å²) in [5.41, 5.74) is -0.362. The van der Waals surface area contributed by atoms with Crippen molar-refractivity contribution in [3.05, 3.63) is 0 Å². The summed E-state index contributed by atoms with van der Waals surface area (Å²) in [7, 11) is -1.67. The zero-order chi connectivity index (χ0) is 12.9. The predicted octanol–water partition coefficient (Wildman–Crippen LogP) is 0.513. The highest BCUT2D eigenvalue weighted by molar-refractivity contribution is 7.87. The molecule has 0 aliphatic rings. The number of hydrogen-bond acceptors (Lipinski definition) is 3. The van der Waals surface area contributed by atoms with Crippen LogP contribution in [0.15, 0.2) is 0 Å². The predicted molar refractivity (Wildman–Crippen MR) is 62.6 cm³/mol. The van der Waals surface area contributed by atoms with Gasteiger partial charge in [0.2, 0.25) is 5.91 Å². The molecular weight excluding hydrogens is 230 g/mol. The summed E-state index contributed by atoms with van der Waals surface area (Å²) in [6.45, 7) is 7.12. The highest BCUT2D eigenvalue weighted by Gasteiger charge is 2.26. The minimum Gasteiger partial charge on any atom is -0.481 e. The van der Waals surface area contributed by atoms with Gasteiger partial charge < -0.3 is 10.4 Å². The fourth-order valence-electron chi connectivity index (χ4n) is 0.890. The Hall–Kier alpha value is -0.910. The van der Waals surface area contributed by atoms with Gasteiger partial charge in [0.1, 0.15) is 11.0 Å². The van der Waals surface area contributed by atoms with Crippen LogP contribution in [0.1, 0.15) is 34.1 Å². The molecule has 0 saturated heterocycles. The number of carboxylic acid groups (broad SMARTS) is 1. The molecule has 0 saturated carbocycles. The van der Waals surface area contributed by atoms with Crippen molar-refractivity contribution in [1.82, 2.24) is 5.32 Å². The second-order valence-electron chi connectivity index (χ2n) is 4.29. The standard InChI is InChI=1S/C10H19NO4S/c1-5-10(3,4)11-9(14)7(2)16(15)6-8(12)13/h7H,5-6H2,1-4H3,(H,11,14)(H,12,13). The molecule has 0 fully saturated rings. The maximum atomic E-state index is 11.6. The number of carbonyl (C=O) groups is 2. The van der Waals surface area contributed by atoms with Crippen molar-refractivity contribution in [3.63, 3.8) is 0 Å². The van der Waals surface area contributed by atoms with Crippen molar-refractivity contribution in [2.24, 2.45) is 0 Å². The molecule has 0 radical (unpaired) electrons. The van der Waals surface area contributed by atoms with Crippen LogP contribution >= 0.6 is 0 Å².